The average molecular weight is 445 g/mol. The number of aromatic nitrogens is 2. The van der Waals surface area contributed by atoms with Gasteiger partial charge in [0.15, 0.2) is 5.75 Å². The Morgan fingerprint density at radius 2 is 1.62 bits per heavy atom. The maximum Gasteiger partial charge on any atom is 0.255 e. The van der Waals surface area contributed by atoms with Crippen molar-refractivity contribution in [3.8, 4) is 11.5 Å². The number of carbonyl (C=O) groups is 1. The van der Waals surface area contributed by atoms with E-state index in [2.05, 4.69) is 20.6 Å². The minimum Gasteiger partial charge on any atom is -0.455 e. The van der Waals surface area contributed by atoms with Gasteiger partial charge in [-0.1, -0.05) is 35.9 Å². The summed E-state index contributed by atoms with van der Waals surface area (Å²) in [6.45, 7) is 3.81. The molecule has 2 N–H and O–H groups in total. The molecular formula is C25H21ClN4O2. The lowest BCUT2D eigenvalue weighted by atomic mass is 10.1. The van der Waals surface area contributed by atoms with Crippen LogP contribution in [0.5, 0.6) is 11.5 Å². The maximum absolute atomic E-state index is 13.0. The Labute approximate surface area is 191 Å². The van der Waals surface area contributed by atoms with Gasteiger partial charge in [0.25, 0.3) is 5.91 Å². The number of nitrogens with zero attached hydrogens (tertiary/aromatic N) is 2. The first-order chi connectivity index (χ1) is 15.5. The summed E-state index contributed by atoms with van der Waals surface area (Å²) in [4.78, 5) is 21.7. The van der Waals surface area contributed by atoms with Crippen molar-refractivity contribution in [3.05, 3.63) is 101 Å². The van der Waals surface area contributed by atoms with Crippen molar-refractivity contribution >= 4 is 34.8 Å². The Morgan fingerprint density at radius 3 is 2.38 bits per heavy atom. The van der Waals surface area contributed by atoms with Crippen molar-refractivity contribution in [2.24, 2.45) is 0 Å². The summed E-state index contributed by atoms with van der Waals surface area (Å²) >= 11 is 6.16. The molecule has 0 fully saturated rings. The molecule has 0 saturated carbocycles. The van der Waals surface area contributed by atoms with Gasteiger partial charge in [-0.2, -0.15) is 0 Å². The van der Waals surface area contributed by atoms with Crippen LogP contribution >= 0.6 is 11.6 Å². The molecule has 32 heavy (non-hydrogen) atoms. The van der Waals surface area contributed by atoms with Gasteiger partial charge < -0.3 is 15.4 Å². The third-order valence-electron chi connectivity index (χ3n) is 4.52. The number of para-hydroxylation sites is 1. The standard InChI is InChI=1S/C25H21ClN4O2/c1-16-13-17(2)28-25(27-16)29-20-8-6-7-18(14-20)24(31)30-22-15-19(26)11-12-23(22)32-21-9-4-3-5-10-21/h3-15H,1-2H3,(H,30,31)(H,27,28,29). The van der Waals surface area contributed by atoms with Crippen molar-refractivity contribution in [2.75, 3.05) is 10.6 Å². The normalized spacial score (nSPS) is 10.5. The second kappa shape index (κ2) is 9.49. The number of ether oxygens (including phenoxy) is 1. The molecule has 0 bridgehead atoms. The monoisotopic (exact) mass is 444 g/mol. The van der Waals surface area contributed by atoms with Crippen LogP contribution in [0.3, 0.4) is 0 Å². The Hall–Kier alpha value is -3.90. The quantitative estimate of drug-likeness (QED) is 0.353. The molecule has 0 aliphatic rings. The molecule has 4 rings (SSSR count). The van der Waals surface area contributed by atoms with Gasteiger partial charge in [-0.05, 0) is 68.4 Å². The number of aryl methyl sites for hydroxylation is 2. The van der Waals surface area contributed by atoms with Gasteiger partial charge in [-0.3, -0.25) is 4.79 Å². The van der Waals surface area contributed by atoms with E-state index in [1.165, 1.54) is 0 Å². The zero-order valence-corrected chi connectivity index (χ0v) is 18.4. The van der Waals surface area contributed by atoms with Crippen LogP contribution in [-0.2, 0) is 0 Å². The molecule has 7 heteroatoms. The molecule has 0 unspecified atom stereocenters. The molecule has 1 heterocycles. The van der Waals surface area contributed by atoms with Crippen LogP contribution in [0.2, 0.25) is 5.02 Å². The Balaban J connectivity index is 1.54. The van der Waals surface area contributed by atoms with Crippen LogP contribution in [0.4, 0.5) is 17.3 Å². The fraction of sp³-hybridized carbons (Fsp3) is 0.0800. The molecule has 0 spiro atoms. The number of anilines is 3. The van der Waals surface area contributed by atoms with E-state index in [0.717, 1.165) is 11.4 Å². The number of rotatable bonds is 6. The summed E-state index contributed by atoms with van der Waals surface area (Å²) in [6.07, 6.45) is 0. The maximum atomic E-state index is 13.0. The highest BCUT2D eigenvalue weighted by atomic mass is 35.5. The van der Waals surface area contributed by atoms with Crippen molar-refractivity contribution in [3.63, 3.8) is 0 Å². The summed E-state index contributed by atoms with van der Waals surface area (Å²) in [5.74, 6) is 1.33. The Bertz CT molecular complexity index is 1240. The number of amides is 1. The number of carbonyl (C=O) groups excluding carboxylic acids is 1. The van der Waals surface area contributed by atoms with E-state index in [0.29, 0.717) is 39.4 Å². The van der Waals surface area contributed by atoms with Crippen LogP contribution < -0.4 is 15.4 Å². The summed E-state index contributed by atoms with van der Waals surface area (Å²) in [7, 11) is 0. The molecule has 1 amide bonds. The number of hydrogen-bond acceptors (Lipinski definition) is 5. The van der Waals surface area contributed by atoms with E-state index in [1.807, 2.05) is 56.3 Å². The van der Waals surface area contributed by atoms with Crippen molar-refractivity contribution in [1.29, 1.82) is 0 Å². The Morgan fingerprint density at radius 1 is 0.875 bits per heavy atom. The minimum absolute atomic E-state index is 0.296. The van der Waals surface area contributed by atoms with Crippen molar-refractivity contribution < 1.29 is 9.53 Å². The summed E-state index contributed by atoms with van der Waals surface area (Å²) in [5, 5.41) is 6.53. The van der Waals surface area contributed by atoms with Gasteiger partial charge in [0.2, 0.25) is 5.95 Å². The topological polar surface area (TPSA) is 76.1 Å². The molecule has 0 atom stereocenters. The molecule has 0 aliphatic heterocycles. The molecule has 1 aromatic heterocycles. The van der Waals surface area contributed by atoms with Gasteiger partial charge in [0, 0.05) is 27.7 Å². The highest BCUT2D eigenvalue weighted by Crippen LogP contribution is 2.32. The van der Waals surface area contributed by atoms with E-state index < -0.39 is 0 Å². The van der Waals surface area contributed by atoms with E-state index in [9.17, 15) is 4.79 Å². The fourth-order valence-corrected chi connectivity index (χ4v) is 3.32. The Kier molecular flexibility index (Phi) is 6.33. The molecule has 3 aromatic carbocycles. The highest BCUT2D eigenvalue weighted by Gasteiger charge is 2.13. The lowest BCUT2D eigenvalue weighted by molar-refractivity contribution is 0.102. The zero-order chi connectivity index (χ0) is 22.5. The first kappa shape index (κ1) is 21.3. The van der Waals surface area contributed by atoms with Gasteiger partial charge in [-0.15, -0.1) is 0 Å². The summed E-state index contributed by atoms with van der Waals surface area (Å²) < 4.78 is 5.92. The summed E-state index contributed by atoms with van der Waals surface area (Å²) in [6, 6.07) is 23.4. The molecule has 0 saturated heterocycles. The van der Waals surface area contributed by atoms with Crippen LogP contribution in [0.1, 0.15) is 21.7 Å². The van der Waals surface area contributed by atoms with Crippen LogP contribution in [0, 0.1) is 13.8 Å². The number of nitrogens with one attached hydrogen (secondary N) is 2. The zero-order valence-electron chi connectivity index (χ0n) is 17.6. The second-order valence-corrected chi connectivity index (χ2v) is 7.63. The van der Waals surface area contributed by atoms with Gasteiger partial charge >= 0.3 is 0 Å². The van der Waals surface area contributed by atoms with Gasteiger partial charge in [0.05, 0.1) is 5.69 Å². The van der Waals surface area contributed by atoms with Crippen molar-refractivity contribution in [2.45, 2.75) is 13.8 Å². The van der Waals surface area contributed by atoms with E-state index in [-0.39, 0.29) is 5.91 Å². The molecule has 160 valence electrons. The highest BCUT2D eigenvalue weighted by molar-refractivity contribution is 6.31. The molecule has 0 radical (unpaired) electrons. The van der Waals surface area contributed by atoms with Gasteiger partial charge in [0.1, 0.15) is 5.75 Å². The number of benzene rings is 3. The van der Waals surface area contributed by atoms with E-state index >= 15 is 0 Å². The third-order valence-corrected chi connectivity index (χ3v) is 4.76. The molecule has 4 aromatic rings. The predicted molar refractivity (Wildman–Crippen MR) is 127 cm³/mol. The smallest absolute Gasteiger partial charge is 0.255 e. The summed E-state index contributed by atoms with van der Waals surface area (Å²) in [5.41, 5.74) is 3.36. The SMILES string of the molecule is Cc1cc(C)nc(Nc2cccc(C(=O)Nc3cc(Cl)ccc3Oc3ccccc3)c2)n1. The van der Waals surface area contributed by atoms with Crippen molar-refractivity contribution in [1.82, 2.24) is 9.97 Å². The van der Waals surface area contributed by atoms with Crippen LogP contribution in [-0.4, -0.2) is 15.9 Å². The van der Waals surface area contributed by atoms with E-state index in [4.69, 9.17) is 16.3 Å². The van der Waals surface area contributed by atoms with Crippen LogP contribution in [0.25, 0.3) is 0 Å². The fourth-order valence-electron chi connectivity index (χ4n) is 3.15. The lowest BCUT2D eigenvalue weighted by Crippen LogP contribution is -2.13. The predicted octanol–water partition coefficient (Wildman–Crippen LogP) is 6.54. The first-order valence-electron chi connectivity index (χ1n) is 9.99. The second-order valence-electron chi connectivity index (χ2n) is 7.19. The van der Waals surface area contributed by atoms with Crippen LogP contribution in [0.15, 0.2) is 78.9 Å². The number of hydrogen-bond donors (Lipinski definition) is 2. The average Bonchev–Trinajstić information content (AvgIpc) is 2.76. The largest absolute Gasteiger partial charge is 0.455 e. The van der Waals surface area contributed by atoms with Gasteiger partial charge in [-0.25, -0.2) is 9.97 Å². The first-order valence-corrected chi connectivity index (χ1v) is 10.4. The minimum atomic E-state index is -0.296. The molecular weight excluding hydrogens is 424 g/mol. The molecule has 6 nitrogen and oxygen atoms in total. The lowest BCUT2D eigenvalue weighted by Gasteiger charge is -2.13. The third kappa shape index (κ3) is 5.42. The number of halogens is 1. The van der Waals surface area contributed by atoms with E-state index in [1.54, 1.807) is 36.4 Å². The molecule has 0 aliphatic carbocycles.